The van der Waals surface area contributed by atoms with Crippen LogP contribution in [0.15, 0.2) is 48.5 Å². The molecule has 25 heavy (non-hydrogen) atoms. The zero-order valence-electron chi connectivity index (χ0n) is 14.0. The standard InChI is InChI=1S/C20H20F3NO/c1-24(14-25)19(12-2-3-13-19)17-8-4-15(5-9-17)16-6-10-18(11-7-16)20(21,22)23/h4-11,14H,2-3,12-13H2,1H3. The van der Waals surface area contributed by atoms with E-state index in [1.54, 1.807) is 4.90 Å². The summed E-state index contributed by atoms with van der Waals surface area (Å²) >= 11 is 0. The van der Waals surface area contributed by atoms with E-state index >= 15 is 0 Å². The lowest BCUT2D eigenvalue weighted by molar-refractivity contribution is -0.137. The zero-order chi connectivity index (χ0) is 18.1. The highest BCUT2D eigenvalue weighted by Crippen LogP contribution is 2.43. The number of alkyl halides is 3. The van der Waals surface area contributed by atoms with Crippen LogP contribution in [-0.4, -0.2) is 18.4 Å². The Labute approximate surface area is 145 Å². The van der Waals surface area contributed by atoms with Crippen LogP contribution < -0.4 is 0 Å². The minimum atomic E-state index is -4.32. The number of hydrogen-bond acceptors (Lipinski definition) is 1. The smallest absolute Gasteiger partial charge is 0.339 e. The van der Waals surface area contributed by atoms with Gasteiger partial charge in [-0.3, -0.25) is 4.79 Å². The van der Waals surface area contributed by atoms with E-state index < -0.39 is 11.7 Å². The summed E-state index contributed by atoms with van der Waals surface area (Å²) < 4.78 is 38.0. The van der Waals surface area contributed by atoms with Gasteiger partial charge in [-0.15, -0.1) is 0 Å². The Hall–Kier alpha value is -2.30. The van der Waals surface area contributed by atoms with Gasteiger partial charge in [-0.1, -0.05) is 49.2 Å². The predicted octanol–water partition coefficient (Wildman–Crippen LogP) is 5.23. The Kier molecular flexibility index (Phi) is 4.58. The fourth-order valence-corrected chi connectivity index (χ4v) is 3.73. The third-order valence-electron chi connectivity index (χ3n) is 5.23. The number of nitrogens with zero attached hydrogens (tertiary/aromatic N) is 1. The summed E-state index contributed by atoms with van der Waals surface area (Å²) in [6, 6.07) is 13.0. The van der Waals surface area contributed by atoms with Crippen molar-refractivity contribution in [2.24, 2.45) is 0 Å². The summed E-state index contributed by atoms with van der Waals surface area (Å²) in [7, 11) is 1.81. The van der Waals surface area contributed by atoms with Crippen LogP contribution in [0.2, 0.25) is 0 Å². The third kappa shape index (κ3) is 3.28. The molecule has 1 amide bonds. The fourth-order valence-electron chi connectivity index (χ4n) is 3.73. The molecule has 0 aromatic heterocycles. The van der Waals surface area contributed by atoms with Gasteiger partial charge in [0.25, 0.3) is 0 Å². The topological polar surface area (TPSA) is 20.3 Å². The molecule has 0 bridgehead atoms. The highest BCUT2D eigenvalue weighted by molar-refractivity contribution is 5.64. The van der Waals surface area contributed by atoms with Crippen molar-refractivity contribution in [2.45, 2.75) is 37.4 Å². The highest BCUT2D eigenvalue weighted by atomic mass is 19.4. The molecule has 3 rings (SSSR count). The van der Waals surface area contributed by atoms with Crippen molar-refractivity contribution in [3.8, 4) is 11.1 Å². The number of carbonyl (C=O) groups excluding carboxylic acids is 1. The fraction of sp³-hybridized carbons (Fsp3) is 0.350. The summed E-state index contributed by atoms with van der Waals surface area (Å²) in [6.45, 7) is 0. The van der Waals surface area contributed by atoms with E-state index in [4.69, 9.17) is 0 Å². The van der Waals surface area contributed by atoms with Crippen molar-refractivity contribution >= 4 is 6.41 Å². The lowest BCUT2D eigenvalue weighted by atomic mass is 9.86. The summed E-state index contributed by atoms with van der Waals surface area (Å²) in [5.74, 6) is 0. The molecule has 2 nitrogen and oxygen atoms in total. The lowest BCUT2D eigenvalue weighted by Gasteiger charge is -2.37. The zero-order valence-corrected chi connectivity index (χ0v) is 14.0. The lowest BCUT2D eigenvalue weighted by Crippen LogP contribution is -2.40. The maximum atomic E-state index is 12.7. The SMILES string of the molecule is CN(C=O)C1(c2ccc(-c3ccc(C(F)(F)F)cc3)cc2)CCCC1. The van der Waals surface area contributed by atoms with Crippen molar-refractivity contribution in [1.29, 1.82) is 0 Å². The van der Waals surface area contributed by atoms with Crippen LogP contribution in [0.4, 0.5) is 13.2 Å². The van der Waals surface area contributed by atoms with Crippen LogP contribution in [0.3, 0.4) is 0 Å². The molecule has 0 N–H and O–H groups in total. The number of amides is 1. The first-order valence-corrected chi connectivity index (χ1v) is 8.33. The van der Waals surface area contributed by atoms with Crippen molar-refractivity contribution in [1.82, 2.24) is 4.90 Å². The van der Waals surface area contributed by atoms with Crippen molar-refractivity contribution in [2.75, 3.05) is 7.05 Å². The van der Waals surface area contributed by atoms with Crippen molar-refractivity contribution < 1.29 is 18.0 Å². The molecule has 0 heterocycles. The quantitative estimate of drug-likeness (QED) is 0.694. The van der Waals surface area contributed by atoms with Crippen LogP contribution in [0.1, 0.15) is 36.8 Å². The first kappa shape index (κ1) is 17.5. The normalized spacial score (nSPS) is 16.6. The molecule has 1 fully saturated rings. The molecule has 0 aliphatic heterocycles. The van der Waals surface area contributed by atoms with E-state index in [1.165, 1.54) is 12.1 Å². The molecule has 1 saturated carbocycles. The van der Waals surface area contributed by atoms with E-state index in [2.05, 4.69) is 0 Å². The number of hydrogen-bond donors (Lipinski definition) is 0. The summed E-state index contributed by atoms with van der Waals surface area (Å²) in [4.78, 5) is 13.0. The molecule has 0 spiro atoms. The number of carbonyl (C=O) groups is 1. The molecule has 2 aromatic carbocycles. The largest absolute Gasteiger partial charge is 0.416 e. The van der Waals surface area contributed by atoms with Gasteiger partial charge in [0, 0.05) is 7.05 Å². The minimum Gasteiger partial charge on any atom is -0.339 e. The van der Waals surface area contributed by atoms with E-state index in [1.807, 2.05) is 31.3 Å². The van der Waals surface area contributed by atoms with Gasteiger partial charge in [-0.2, -0.15) is 13.2 Å². The second-order valence-electron chi connectivity index (χ2n) is 6.61. The maximum absolute atomic E-state index is 12.7. The Morgan fingerprint density at radius 2 is 1.40 bits per heavy atom. The Morgan fingerprint density at radius 3 is 1.84 bits per heavy atom. The second-order valence-corrected chi connectivity index (χ2v) is 6.61. The minimum absolute atomic E-state index is 0.263. The van der Waals surface area contributed by atoms with Gasteiger partial charge in [-0.25, -0.2) is 0 Å². The molecule has 5 heteroatoms. The van der Waals surface area contributed by atoms with Gasteiger partial charge in [0.05, 0.1) is 11.1 Å². The maximum Gasteiger partial charge on any atom is 0.416 e. The second kappa shape index (κ2) is 6.54. The molecule has 2 aromatic rings. The van der Waals surface area contributed by atoms with Gasteiger partial charge < -0.3 is 4.90 Å². The first-order valence-electron chi connectivity index (χ1n) is 8.33. The Balaban J connectivity index is 1.88. The van der Waals surface area contributed by atoms with E-state index in [9.17, 15) is 18.0 Å². The third-order valence-corrected chi connectivity index (χ3v) is 5.23. The van der Waals surface area contributed by atoms with Gasteiger partial charge in [0.1, 0.15) is 0 Å². The summed E-state index contributed by atoms with van der Waals surface area (Å²) in [5, 5.41) is 0. The number of halogens is 3. The van der Waals surface area contributed by atoms with Gasteiger partial charge >= 0.3 is 6.18 Å². The Bertz CT molecular complexity index is 729. The monoisotopic (exact) mass is 347 g/mol. The van der Waals surface area contributed by atoms with Gasteiger partial charge in [0.15, 0.2) is 0 Å². The van der Waals surface area contributed by atoms with Crippen LogP contribution in [-0.2, 0) is 16.5 Å². The molecule has 1 aliphatic rings. The predicted molar refractivity (Wildman–Crippen MR) is 90.9 cm³/mol. The molecule has 132 valence electrons. The molecule has 0 radical (unpaired) electrons. The van der Waals surface area contributed by atoms with Crippen LogP contribution in [0, 0.1) is 0 Å². The molecule has 0 saturated heterocycles. The van der Waals surface area contributed by atoms with E-state index in [0.717, 1.165) is 60.9 Å². The summed E-state index contributed by atoms with van der Waals surface area (Å²) in [5.41, 5.74) is 1.77. The molecular weight excluding hydrogens is 327 g/mol. The molecule has 1 aliphatic carbocycles. The summed E-state index contributed by atoms with van der Waals surface area (Å²) in [6.07, 6.45) is 0.577. The number of rotatable bonds is 4. The number of benzene rings is 2. The van der Waals surface area contributed by atoms with Crippen LogP contribution >= 0.6 is 0 Å². The van der Waals surface area contributed by atoms with Crippen LogP contribution in [0.25, 0.3) is 11.1 Å². The average Bonchev–Trinajstić information content (AvgIpc) is 3.11. The average molecular weight is 347 g/mol. The molecule has 0 unspecified atom stereocenters. The first-order chi connectivity index (χ1) is 11.9. The van der Waals surface area contributed by atoms with E-state index in [-0.39, 0.29) is 5.54 Å². The van der Waals surface area contributed by atoms with E-state index in [0.29, 0.717) is 0 Å². The van der Waals surface area contributed by atoms with Gasteiger partial charge in [-0.05, 0) is 41.7 Å². The van der Waals surface area contributed by atoms with Gasteiger partial charge in [0.2, 0.25) is 6.41 Å². The van der Waals surface area contributed by atoms with Crippen LogP contribution in [0.5, 0.6) is 0 Å². The molecular formula is C20H20F3NO. The van der Waals surface area contributed by atoms with Crippen molar-refractivity contribution in [3.63, 3.8) is 0 Å². The highest BCUT2D eigenvalue weighted by Gasteiger charge is 2.39. The molecule has 0 atom stereocenters. The Morgan fingerprint density at radius 1 is 0.920 bits per heavy atom. The van der Waals surface area contributed by atoms with Crippen molar-refractivity contribution in [3.05, 3.63) is 59.7 Å².